The molecule has 5 nitrogen and oxygen atoms in total. The number of Topliss-reactive ketones (excluding diaryl/α,β-unsaturated/α-hetero) is 2. The van der Waals surface area contributed by atoms with E-state index >= 15 is 0 Å². The average molecular weight is 362 g/mol. The maximum Gasteiger partial charge on any atom is 0.230 e. The summed E-state index contributed by atoms with van der Waals surface area (Å²) in [5, 5.41) is 9.32. The van der Waals surface area contributed by atoms with Crippen LogP contribution in [-0.2, 0) is 17.8 Å². The Bertz CT molecular complexity index is 1080. The van der Waals surface area contributed by atoms with Gasteiger partial charge in [-0.2, -0.15) is 0 Å². The van der Waals surface area contributed by atoms with Gasteiger partial charge in [-0.1, -0.05) is 43.3 Å². The largest absolute Gasteiger partial charge is 0.496 e. The van der Waals surface area contributed by atoms with Crippen LogP contribution in [0.1, 0.15) is 28.4 Å². The number of carbonyl (C=O) groups excluding carboxylic acids is 2. The number of ether oxygens (including phenoxy) is 1. The van der Waals surface area contributed by atoms with E-state index in [9.17, 15) is 9.59 Å². The van der Waals surface area contributed by atoms with E-state index in [0.29, 0.717) is 22.4 Å². The van der Waals surface area contributed by atoms with Crippen LogP contribution in [0.5, 0.6) is 5.75 Å². The number of rotatable bonds is 6. The van der Waals surface area contributed by atoms with Gasteiger partial charge in [-0.15, -0.1) is 0 Å². The van der Waals surface area contributed by atoms with Crippen molar-refractivity contribution in [2.45, 2.75) is 26.8 Å². The van der Waals surface area contributed by atoms with Crippen molar-refractivity contribution in [3.05, 3.63) is 70.7 Å². The minimum Gasteiger partial charge on any atom is -0.496 e. The van der Waals surface area contributed by atoms with Gasteiger partial charge in [0.05, 0.1) is 19.2 Å². The van der Waals surface area contributed by atoms with Gasteiger partial charge in [0.2, 0.25) is 11.6 Å². The van der Waals surface area contributed by atoms with E-state index in [2.05, 4.69) is 6.92 Å². The maximum atomic E-state index is 12.6. The lowest BCUT2D eigenvalue weighted by molar-refractivity contribution is -0.115. The first-order chi connectivity index (χ1) is 13.0. The van der Waals surface area contributed by atoms with Crippen molar-refractivity contribution in [3.63, 3.8) is 0 Å². The number of fused-ring (bicyclic) bond motifs is 1. The Hall–Kier alpha value is -3.21. The topological polar surface area (TPSA) is 72.2 Å². The summed E-state index contributed by atoms with van der Waals surface area (Å²) in [5.41, 5.74) is 3.00. The summed E-state index contributed by atoms with van der Waals surface area (Å²) in [7, 11) is 1.58. The van der Waals surface area contributed by atoms with Gasteiger partial charge in [-0.3, -0.25) is 15.0 Å². The minimum atomic E-state index is -0.551. The molecule has 3 rings (SSSR count). The number of pyridine rings is 1. The standard InChI is InChI=1S/C22H22N2O3/c1-4-15-10-11-18-17(12-15)21(27-3)14(2)22(23)24(18)13-19(25)20(26)16-8-6-5-7-9-16/h5-12,23H,4,13H2,1-3H3. The minimum absolute atomic E-state index is 0.165. The number of nitrogens with one attached hydrogen (secondary N) is 1. The van der Waals surface area contributed by atoms with Crippen LogP contribution in [0.2, 0.25) is 0 Å². The Morgan fingerprint density at radius 2 is 1.81 bits per heavy atom. The van der Waals surface area contributed by atoms with E-state index in [0.717, 1.165) is 17.4 Å². The highest BCUT2D eigenvalue weighted by Crippen LogP contribution is 2.28. The molecule has 27 heavy (non-hydrogen) atoms. The monoisotopic (exact) mass is 362 g/mol. The molecular formula is C22H22N2O3. The van der Waals surface area contributed by atoms with E-state index in [4.69, 9.17) is 10.1 Å². The first kappa shape index (κ1) is 18.6. The Labute approximate surface area is 157 Å². The van der Waals surface area contributed by atoms with Gasteiger partial charge in [-0.25, -0.2) is 0 Å². The Balaban J connectivity index is 2.11. The molecule has 1 aromatic heterocycles. The highest BCUT2D eigenvalue weighted by atomic mass is 16.5. The molecule has 0 radical (unpaired) electrons. The van der Waals surface area contributed by atoms with Crippen LogP contribution in [0.15, 0.2) is 48.5 Å². The van der Waals surface area contributed by atoms with Crippen molar-refractivity contribution in [1.29, 1.82) is 5.41 Å². The van der Waals surface area contributed by atoms with E-state index in [1.165, 1.54) is 0 Å². The van der Waals surface area contributed by atoms with Crippen molar-refractivity contribution in [2.75, 3.05) is 7.11 Å². The van der Waals surface area contributed by atoms with Crippen molar-refractivity contribution in [2.24, 2.45) is 0 Å². The fourth-order valence-electron chi connectivity index (χ4n) is 3.25. The van der Waals surface area contributed by atoms with Crippen LogP contribution in [0, 0.1) is 12.3 Å². The molecule has 2 aromatic carbocycles. The summed E-state index contributed by atoms with van der Waals surface area (Å²) in [6.07, 6.45) is 0.867. The molecule has 0 atom stereocenters. The van der Waals surface area contributed by atoms with Crippen LogP contribution >= 0.6 is 0 Å². The van der Waals surface area contributed by atoms with Crippen molar-refractivity contribution in [3.8, 4) is 5.75 Å². The second-order valence-electron chi connectivity index (χ2n) is 6.42. The molecule has 0 unspecified atom stereocenters. The van der Waals surface area contributed by atoms with E-state index in [1.54, 1.807) is 48.9 Å². The fraction of sp³-hybridized carbons (Fsp3) is 0.227. The predicted molar refractivity (Wildman–Crippen MR) is 104 cm³/mol. The number of aryl methyl sites for hydroxylation is 1. The molecule has 1 heterocycles. The molecule has 5 heteroatoms. The highest BCUT2D eigenvalue weighted by molar-refractivity contribution is 6.43. The van der Waals surface area contributed by atoms with E-state index in [-0.39, 0.29) is 12.0 Å². The number of benzene rings is 2. The third-order valence-corrected chi connectivity index (χ3v) is 4.77. The average Bonchev–Trinajstić information content (AvgIpc) is 2.71. The SMILES string of the molecule is CCc1ccc2c(c1)c(OC)c(C)c(=N)n2CC(=O)C(=O)c1ccccc1. The number of aromatic nitrogens is 1. The van der Waals surface area contributed by atoms with Crippen LogP contribution in [-0.4, -0.2) is 23.2 Å². The molecule has 0 spiro atoms. The number of nitrogens with zero attached hydrogens (tertiary/aromatic N) is 1. The first-order valence-corrected chi connectivity index (χ1v) is 8.85. The molecule has 0 aliphatic heterocycles. The summed E-state index contributed by atoms with van der Waals surface area (Å²) in [4.78, 5) is 25.1. The lowest BCUT2D eigenvalue weighted by Gasteiger charge is -2.17. The van der Waals surface area contributed by atoms with Gasteiger partial charge in [0.15, 0.2) is 0 Å². The number of hydrogen-bond donors (Lipinski definition) is 1. The number of carbonyl (C=O) groups is 2. The molecular weight excluding hydrogens is 340 g/mol. The smallest absolute Gasteiger partial charge is 0.230 e. The molecule has 0 bridgehead atoms. The quantitative estimate of drug-likeness (QED) is 0.539. The fourth-order valence-corrected chi connectivity index (χ4v) is 3.25. The Morgan fingerprint density at radius 3 is 2.44 bits per heavy atom. The van der Waals surface area contributed by atoms with Crippen LogP contribution < -0.4 is 10.2 Å². The molecule has 3 aromatic rings. The van der Waals surface area contributed by atoms with Crippen molar-refractivity contribution < 1.29 is 14.3 Å². The van der Waals surface area contributed by atoms with E-state index in [1.807, 2.05) is 18.2 Å². The number of methoxy groups -OCH3 is 1. The van der Waals surface area contributed by atoms with Crippen LogP contribution in [0.25, 0.3) is 10.9 Å². The second-order valence-corrected chi connectivity index (χ2v) is 6.42. The molecule has 0 saturated carbocycles. The predicted octanol–water partition coefficient (Wildman–Crippen LogP) is 3.45. The molecule has 1 N–H and O–H groups in total. The van der Waals surface area contributed by atoms with Crippen molar-refractivity contribution in [1.82, 2.24) is 4.57 Å². The van der Waals surface area contributed by atoms with Crippen LogP contribution in [0.4, 0.5) is 0 Å². The molecule has 0 saturated heterocycles. The Kier molecular flexibility index (Phi) is 5.21. The zero-order valence-corrected chi connectivity index (χ0v) is 15.7. The highest BCUT2D eigenvalue weighted by Gasteiger charge is 2.20. The Morgan fingerprint density at radius 1 is 1.11 bits per heavy atom. The van der Waals surface area contributed by atoms with Gasteiger partial charge in [0.1, 0.15) is 11.2 Å². The summed E-state index contributed by atoms with van der Waals surface area (Å²) in [5.74, 6) is -0.470. The molecule has 138 valence electrons. The first-order valence-electron chi connectivity index (χ1n) is 8.85. The lowest BCUT2D eigenvalue weighted by Crippen LogP contribution is -2.30. The normalized spacial score (nSPS) is 10.8. The summed E-state index contributed by atoms with van der Waals surface area (Å²) >= 11 is 0. The van der Waals surface area contributed by atoms with Crippen LogP contribution in [0.3, 0.4) is 0 Å². The molecule has 0 fully saturated rings. The molecule has 0 amide bonds. The zero-order valence-electron chi connectivity index (χ0n) is 15.7. The van der Waals surface area contributed by atoms with Gasteiger partial charge in [0.25, 0.3) is 0 Å². The van der Waals surface area contributed by atoms with Gasteiger partial charge < -0.3 is 9.30 Å². The van der Waals surface area contributed by atoms with E-state index < -0.39 is 11.6 Å². The summed E-state index contributed by atoms with van der Waals surface area (Å²) in [6.45, 7) is 3.67. The number of ketones is 2. The van der Waals surface area contributed by atoms with Crippen molar-refractivity contribution >= 4 is 22.5 Å². The summed E-state index contributed by atoms with van der Waals surface area (Å²) in [6, 6.07) is 14.4. The third kappa shape index (κ3) is 3.40. The summed E-state index contributed by atoms with van der Waals surface area (Å²) < 4.78 is 7.11. The lowest BCUT2D eigenvalue weighted by atomic mass is 10.0. The van der Waals surface area contributed by atoms with Gasteiger partial charge >= 0.3 is 0 Å². The van der Waals surface area contributed by atoms with Gasteiger partial charge in [-0.05, 0) is 31.0 Å². The molecule has 0 aliphatic carbocycles. The molecule has 0 aliphatic rings. The third-order valence-electron chi connectivity index (χ3n) is 4.77. The maximum absolute atomic E-state index is 12.6. The number of hydrogen-bond acceptors (Lipinski definition) is 4. The second kappa shape index (κ2) is 7.58. The zero-order chi connectivity index (χ0) is 19.6. The van der Waals surface area contributed by atoms with Gasteiger partial charge in [0, 0.05) is 16.5 Å².